The molecule has 0 bridgehead atoms. The van der Waals surface area contributed by atoms with Gasteiger partial charge in [-0.25, -0.2) is 4.79 Å². The van der Waals surface area contributed by atoms with Crippen LogP contribution in [0.1, 0.15) is 22.3 Å². The summed E-state index contributed by atoms with van der Waals surface area (Å²) in [6, 6.07) is 7.70. The lowest BCUT2D eigenvalue weighted by atomic mass is 10.1. The molecular weight excluding hydrogens is 324 g/mol. The molecule has 8 nitrogen and oxygen atoms in total. The Hall–Kier alpha value is -3.60. The lowest BCUT2D eigenvalue weighted by molar-refractivity contribution is -0.121. The van der Waals surface area contributed by atoms with E-state index in [1.54, 1.807) is 24.3 Å². The van der Waals surface area contributed by atoms with E-state index in [-0.39, 0.29) is 25.4 Å². The van der Waals surface area contributed by atoms with Gasteiger partial charge in [-0.15, -0.1) is 0 Å². The SMILES string of the molecule is NC(=O)c1ccc(C#CCNC(=O)CCn2ccc(=O)[nH]c2=O)cc1. The van der Waals surface area contributed by atoms with Crippen molar-refractivity contribution in [3.05, 3.63) is 68.5 Å². The van der Waals surface area contributed by atoms with Crippen LogP contribution < -0.4 is 22.3 Å². The lowest BCUT2D eigenvalue weighted by Gasteiger charge is -2.04. The average Bonchev–Trinajstić information content (AvgIpc) is 2.58. The van der Waals surface area contributed by atoms with E-state index >= 15 is 0 Å². The fourth-order valence-electron chi connectivity index (χ4n) is 1.94. The van der Waals surface area contributed by atoms with Gasteiger partial charge in [0.05, 0.1) is 6.54 Å². The molecule has 8 heteroatoms. The highest BCUT2D eigenvalue weighted by atomic mass is 16.2. The van der Waals surface area contributed by atoms with Gasteiger partial charge in [-0.05, 0) is 24.3 Å². The quantitative estimate of drug-likeness (QED) is 0.615. The maximum atomic E-state index is 11.7. The second-order valence-electron chi connectivity index (χ2n) is 5.07. The molecule has 1 aromatic carbocycles. The zero-order valence-electron chi connectivity index (χ0n) is 13.2. The predicted octanol–water partition coefficient (Wildman–Crippen LogP) is -0.806. The van der Waals surface area contributed by atoms with E-state index in [0.717, 1.165) is 0 Å². The van der Waals surface area contributed by atoms with Gasteiger partial charge in [-0.3, -0.25) is 19.4 Å². The van der Waals surface area contributed by atoms with E-state index in [1.165, 1.54) is 16.8 Å². The molecule has 0 saturated carbocycles. The Labute approximate surface area is 142 Å². The van der Waals surface area contributed by atoms with Gasteiger partial charge in [0, 0.05) is 36.4 Å². The normalized spacial score (nSPS) is 9.76. The molecule has 0 spiro atoms. The molecule has 0 atom stereocenters. The van der Waals surface area contributed by atoms with Crippen molar-refractivity contribution in [3.63, 3.8) is 0 Å². The number of nitrogens with two attached hydrogens (primary N) is 1. The van der Waals surface area contributed by atoms with Crippen LogP contribution in [0.25, 0.3) is 0 Å². The van der Waals surface area contributed by atoms with Gasteiger partial charge in [0.1, 0.15) is 0 Å². The molecule has 2 amide bonds. The van der Waals surface area contributed by atoms with Crippen LogP contribution in [0.3, 0.4) is 0 Å². The van der Waals surface area contributed by atoms with Crippen molar-refractivity contribution in [2.24, 2.45) is 5.73 Å². The van der Waals surface area contributed by atoms with Crippen LogP contribution in [-0.2, 0) is 11.3 Å². The second-order valence-corrected chi connectivity index (χ2v) is 5.07. The molecule has 4 N–H and O–H groups in total. The highest BCUT2D eigenvalue weighted by molar-refractivity contribution is 5.92. The van der Waals surface area contributed by atoms with E-state index in [0.29, 0.717) is 11.1 Å². The molecule has 1 aromatic heterocycles. The number of hydrogen-bond acceptors (Lipinski definition) is 4. The largest absolute Gasteiger partial charge is 0.366 e. The van der Waals surface area contributed by atoms with Crippen LogP contribution in [0.2, 0.25) is 0 Å². The summed E-state index contributed by atoms with van der Waals surface area (Å²) in [7, 11) is 0. The van der Waals surface area contributed by atoms with Gasteiger partial charge < -0.3 is 15.6 Å². The molecule has 0 aliphatic rings. The maximum Gasteiger partial charge on any atom is 0.328 e. The van der Waals surface area contributed by atoms with E-state index in [9.17, 15) is 19.2 Å². The summed E-state index contributed by atoms with van der Waals surface area (Å²) >= 11 is 0. The van der Waals surface area contributed by atoms with Gasteiger partial charge in [-0.1, -0.05) is 11.8 Å². The molecule has 1 heterocycles. The summed E-state index contributed by atoms with van der Waals surface area (Å²) in [5.41, 5.74) is 5.20. The molecule has 0 aliphatic heterocycles. The van der Waals surface area contributed by atoms with Crippen LogP contribution in [0.15, 0.2) is 46.1 Å². The zero-order chi connectivity index (χ0) is 18.2. The predicted molar refractivity (Wildman–Crippen MR) is 90.8 cm³/mol. The van der Waals surface area contributed by atoms with Crippen molar-refractivity contribution < 1.29 is 9.59 Å². The minimum Gasteiger partial charge on any atom is -0.366 e. The molecule has 0 aliphatic carbocycles. The molecule has 0 fully saturated rings. The van der Waals surface area contributed by atoms with E-state index in [4.69, 9.17) is 5.73 Å². The minimum absolute atomic E-state index is 0.0843. The van der Waals surface area contributed by atoms with Crippen molar-refractivity contribution in [2.75, 3.05) is 6.54 Å². The third-order valence-electron chi connectivity index (χ3n) is 3.25. The van der Waals surface area contributed by atoms with Crippen LogP contribution in [-0.4, -0.2) is 27.9 Å². The number of aromatic amines is 1. The first-order valence-electron chi connectivity index (χ1n) is 7.41. The van der Waals surface area contributed by atoms with Crippen molar-refractivity contribution in [1.29, 1.82) is 0 Å². The fourth-order valence-corrected chi connectivity index (χ4v) is 1.94. The Bertz CT molecular complexity index is 945. The number of rotatable bonds is 5. The summed E-state index contributed by atoms with van der Waals surface area (Å²) in [4.78, 5) is 47.2. The van der Waals surface area contributed by atoms with Gasteiger partial charge in [0.15, 0.2) is 0 Å². The van der Waals surface area contributed by atoms with Gasteiger partial charge in [-0.2, -0.15) is 0 Å². The molecule has 2 rings (SSSR count). The van der Waals surface area contributed by atoms with E-state index in [2.05, 4.69) is 22.1 Å². The number of amides is 2. The number of aryl methyl sites for hydroxylation is 1. The number of nitrogens with zero attached hydrogens (tertiary/aromatic N) is 1. The highest BCUT2D eigenvalue weighted by Crippen LogP contribution is 2.01. The maximum absolute atomic E-state index is 11.7. The van der Waals surface area contributed by atoms with Crippen LogP contribution >= 0.6 is 0 Å². The number of benzene rings is 1. The highest BCUT2D eigenvalue weighted by Gasteiger charge is 2.02. The van der Waals surface area contributed by atoms with Crippen molar-refractivity contribution in [3.8, 4) is 11.8 Å². The third-order valence-corrected chi connectivity index (χ3v) is 3.25. The second kappa shape index (κ2) is 8.31. The molecular formula is C17H16N4O4. The van der Waals surface area contributed by atoms with Crippen LogP contribution in [0, 0.1) is 11.8 Å². The number of H-pyrrole nitrogens is 1. The summed E-state index contributed by atoms with van der Waals surface area (Å²) in [5, 5.41) is 2.61. The lowest BCUT2D eigenvalue weighted by Crippen LogP contribution is -2.31. The Balaban J connectivity index is 1.80. The minimum atomic E-state index is -0.556. The Morgan fingerprint density at radius 1 is 1.16 bits per heavy atom. The van der Waals surface area contributed by atoms with E-state index < -0.39 is 17.2 Å². The van der Waals surface area contributed by atoms with Crippen LogP contribution in [0.5, 0.6) is 0 Å². The topological polar surface area (TPSA) is 127 Å². The van der Waals surface area contributed by atoms with Gasteiger partial charge in [0.2, 0.25) is 11.8 Å². The van der Waals surface area contributed by atoms with Crippen molar-refractivity contribution in [2.45, 2.75) is 13.0 Å². The number of carbonyl (C=O) groups is 2. The first kappa shape index (κ1) is 17.7. The molecule has 0 radical (unpaired) electrons. The van der Waals surface area contributed by atoms with Gasteiger partial charge in [0.25, 0.3) is 5.56 Å². The molecule has 25 heavy (non-hydrogen) atoms. The van der Waals surface area contributed by atoms with Crippen molar-refractivity contribution in [1.82, 2.24) is 14.9 Å². The zero-order valence-corrected chi connectivity index (χ0v) is 13.2. The standard InChI is InChI=1S/C17H16N4O4/c18-16(24)13-5-3-12(4-6-13)2-1-9-19-14(22)7-10-21-11-8-15(23)20-17(21)25/h3-6,8,11H,7,9-10H2,(H2,18,24)(H,19,22)(H,20,23,25). The molecule has 2 aromatic rings. The number of hydrogen-bond donors (Lipinski definition) is 3. The monoisotopic (exact) mass is 340 g/mol. The summed E-state index contributed by atoms with van der Waals surface area (Å²) in [6.07, 6.45) is 1.42. The third kappa shape index (κ3) is 5.51. The smallest absolute Gasteiger partial charge is 0.328 e. The molecule has 0 saturated heterocycles. The number of carbonyl (C=O) groups excluding carboxylic acids is 2. The molecule has 0 unspecified atom stereocenters. The van der Waals surface area contributed by atoms with E-state index in [1.807, 2.05) is 0 Å². The number of primary amides is 1. The summed E-state index contributed by atoms with van der Waals surface area (Å²) in [6.45, 7) is 0.306. The van der Waals surface area contributed by atoms with Crippen molar-refractivity contribution >= 4 is 11.8 Å². The van der Waals surface area contributed by atoms with Gasteiger partial charge >= 0.3 is 5.69 Å². The molecule has 128 valence electrons. The average molecular weight is 340 g/mol. The Morgan fingerprint density at radius 2 is 1.88 bits per heavy atom. The fraction of sp³-hybridized carbons (Fsp3) is 0.176. The van der Waals surface area contributed by atoms with Crippen LogP contribution in [0.4, 0.5) is 0 Å². The number of nitrogens with one attached hydrogen (secondary N) is 2. The first-order chi connectivity index (χ1) is 12.0. The Morgan fingerprint density at radius 3 is 2.52 bits per heavy atom. The Kier molecular flexibility index (Phi) is 5.90. The summed E-state index contributed by atoms with van der Waals surface area (Å²) < 4.78 is 1.24. The number of aromatic nitrogens is 2. The first-order valence-corrected chi connectivity index (χ1v) is 7.41. The summed E-state index contributed by atoms with van der Waals surface area (Å²) in [5.74, 6) is 4.85.